The van der Waals surface area contributed by atoms with Crippen molar-refractivity contribution in [3.8, 4) is 5.75 Å². The van der Waals surface area contributed by atoms with E-state index in [0.29, 0.717) is 17.3 Å². The highest BCUT2D eigenvalue weighted by atomic mass is 35.5. The van der Waals surface area contributed by atoms with E-state index in [1.54, 1.807) is 24.0 Å². The van der Waals surface area contributed by atoms with E-state index in [9.17, 15) is 4.79 Å². The molecule has 0 bridgehead atoms. The SMILES string of the molecule is C[C@H](Oc1ccccc1Cl)C(=O)N1CCC[C@H](N)C1. The van der Waals surface area contributed by atoms with Gasteiger partial charge in [-0.15, -0.1) is 0 Å². The fourth-order valence-corrected chi connectivity index (χ4v) is 2.43. The molecule has 1 aliphatic rings. The average Bonchev–Trinajstić information content (AvgIpc) is 2.40. The topological polar surface area (TPSA) is 55.6 Å². The Morgan fingerprint density at radius 3 is 2.95 bits per heavy atom. The largest absolute Gasteiger partial charge is 0.479 e. The van der Waals surface area contributed by atoms with Gasteiger partial charge in [-0.1, -0.05) is 23.7 Å². The van der Waals surface area contributed by atoms with Crippen LogP contribution in [0.15, 0.2) is 24.3 Å². The first-order chi connectivity index (χ1) is 9.08. The molecule has 19 heavy (non-hydrogen) atoms. The number of piperidine rings is 1. The molecule has 104 valence electrons. The van der Waals surface area contributed by atoms with Gasteiger partial charge in [0, 0.05) is 19.1 Å². The summed E-state index contributed by atoms with van der Waals surface area (Å²) in [6.07, 6.45) is 1.38. The highest BCUT2D eigenvalue weighted by Crippen LogP contribution is 2.24. The maximum absolute atomic E-state index is 12.3. The van der Waals surface area contributed by atoms with Gasteiger partial charge in [0.15, 0.2) is 6.10 Å². The van der Waals surface area contributed by atoms with Gasteiger partial charge in [-0.2, -0.15) is 0 Å². The van der Waals surface area contributed by atoms with Crippen LogP contribution in [0.25, 0.3) is 0 Å². The van der Waals surface area contributed by atoms with Gasteiger partial charge in [-0.05, 0) is 31.9 Å². The Morgan fingerprint density at radius 2 is 2.26 bits per heavy atom. The van der Waals surface area contributed by atoms with Crippen molar-refractivity contribution in [2.24, 2.45) is 5.73 Å². The molecule has 0 aliphatic carbocycles. The third-order valence-corrected chi connectivity index (χ3v) is 3.57. The number of hydrogen-bond donors (Lipinski definition) is 1. The second kappa shape index (κ2) is 6.26. The lowest BCUT2D eigenvalue weighted by molar-refractivity contribution is -0.139. The van der Waals surface area contributed by atoms with Crippen LogP contribution >= 0.6 is 11.6 Å². The van der Waals surface area contributed by atoms with Gasteiger partial charge in [-0.3, -0.25) is 4.79 Å². The number of halogens is 1. The zero-order valence-electron chi connectivity index (χ0n) is 11.0. The highest BCUT2D eigenvalue weighted by Gasteiger charge is 2.26. The van der Waals surface area contributed by atoms with Crippen molar-refractivity contribution in [1.82, 2.24) is 4.90 Å². The van der Waals surface area contributed by atoms with Gasteiger partial charge in [0.2, 0.25) is 0 Å². The lowest BCUT2D eigenvalue weighted by atomic mass is 10.1. The van der Waals surface area contributed by atoms with Crippen molar-refractivity contribution in [2.45, 2.75) is 31.9 Å². The Balaban J connectivity index is 1.97. The quantitative estimate of drug-likeness (QED) is 0.923. The van der Waals surface area contributed by atoms with Crippen molar-refractivity contribution in [3.05, 3.63) is 29.3 Å². The van der Waals surface area contributed by atoms with Gasteiger partial charge in [0.05, 0.1) is 5.02 Å². The molecule has 0 aromatic heterocycles. The minimum atomic E-state index is -0.551. The van der Waals surface area contributed by atoms with Crippen molar-refractivity contribution < 1.29 is 9.53 Å². The number of carbonyl (C=O) groups is 1. The first kappa shape index (κ1) is 14.2. The van der Waals surface area contributed by atoms with Crippen LogP contribution in [0.4, 0.5) is 0 Å². The molecule has 2 rings (SSSR count). The van der Waals surface area contributed by atoms with Crippen molar-refractivity contribution in [1.29, 1.82) is 0 Å². The summed E-state index contributed by atoms with van der Waals surface area (Å²) < 4.78 is 5.63. The van der Waals surface area contributed by atoms with Crippen LogP contribution in [0.1, 0.15) is 19.8 Å². The van der Waals surface area contributed by atoms with E-state index in [2.05, 4.69) is 0 Å². The second-order valence-electron chi connectivity index (χ2n) is 4.88. The van der Waals surface area contributed by atoms with E-state index in [0.717, 1.165) is 19.4 Å². The average molecular weight is 283 g/mol. The Labute approximate surface area is 118 Å². The minimum Gasteiger partial charge on any atom is -0.479 e. The molecule has 2 N–H and O–H groups in total. The van der Waals surface area contributed by atoms with Crippen LogP contribution in [0.5, 0.6) is 5.75 Å². The molecule has 1 aromatic rings. The summed E-state index contributed by atoms with van der Waals surface area (Å²) in [6, 6.07) is 7.23. The summed E-state index contributed by atoms with van der Waals surface area (Å²) in [7, 11) is 0. The summed E-state index contributed by atoms with van der Waals surface area (Å²) in [4.78, 5) is 14.0. The van der Waals surface area contributed by atoms with Crippen LogP contribution < -0.4 is 10.5 Å². The van der Waals surface area contributed by atoms with Crippen LogP contribution in [0.2, 0.25) is 5.02 Å². The third-order valence-electron chi connectivity index (χ3n) is 3.26. The van der Waals surface area contributed by atoms with Crippen LogP contribution in [-0.4, -0.2) is 36.0 Å². The highest BCUT2D eigenvalue weighted by molar-refractivity contribution is 6.32. The summed E-state index contributed by atoms with van der Waals surface area (Å²) in [5, 5.41) is 0.512. The molecule has 1 saturated heterocycles. The number of ether oxygens (including phenoxy) is 1. The number of nitrogens with two attached hydrogens (primary N) is 1. The number of carbonyl (C=O) groups excluding carboxylic acids is 1. The molecule has 0 spiro atoms. The number of amides is 1. The molecule has 0 saturated carbocycles. The maximum Gasteiger partial charge on any atom is 0.263 e. The Bertz CT molecular complexity index is 453. The number of para-hydroxylation sites is 1. The fourth-order valence-electron chi connectivity index (χ4n) is 2.25. The van der Waals surface area contributed by atoms with Crippen molar-refractivity contribution in [3.63, 3.8) is 0 Å². The first-order valence-electron chi connectivity index (χ1n) is 6.53. The van der Waals surface area contributed by atoms with Crippen molar-refractivity contribution >= 4 is 17.5 Å². The monoisotopic (exact) mass is 282 g/mol. The summed E-state index contributed by atoms with van der Waals surface area (Å²) in [6.45, 7) is 3.10. The van der Waals surface area contributed by atoms with E-state index in [-0.39, 0.29) is 11.9 Å². The minimum absolute atomic E-state index is 0.0323. The van der Waals surface area contributed by atoms with Crippen LogP contribution in [0, 0.1) is 0 Å². The van der Waals surface area contributed by atoms with Gasteiger partial charge >= 0.3 is 0 Å². The predicted octanol–water partition coefficient (Wildman–Crippen LogP) is 2.06. The lowest BCUT2D eigenvalue weighted by Gasteiger charge is -2.32. The van der Waals surface area contributed by atoms with E-state index in [1.165, 1.54) is 0 Å². The molecule has 1 heterocycles. The summed E-state index contributed by atoms with van der Waals surface area (Å²) >= 11 is 6.01. The Morgan fingerprint density at radius 1 is 1.53 bits per heavy atom. The first-order valence-corrected chi connectivity index (χ1v) is 6.91. The van der Waals surface area contributed by atoms with E-state index in [1.807, 2.05) is 12.1 Å². The Hall–Kier alpha value is -1.26. The molecule has 4 nitrogen and oxygen atoms in total. The number of rotatable bonds is 3. The molecule has 5 heteroatoms. The molecular formula is C14H19ClN2O2. The third kappa shape index (κ3) is 3.61. The van der Waals surface area contributed by atoms with Crippen LogP contribution in [-0.2, 0) is 4.79 Å². The molecule has 0 unspecified atom stereocenters. The standard InChI is InChI=1S/C14H19ClN2O2/c1-10(19-13-7-3-2-6-12(13)15)14(18)17-8-4-5-11(16)9-17/h2-3,6-7,10-11H,4-5,8-9,16H2,1H3/t10-,11-/m0/s1. The molecule has 1 aliphatic heterocycles. The second-order valence-corrected chi connectivity index (χ2v) is 5.28. The van der Waals surface area contributed by atoms with Gasteiger partial charge in [0.1, 0.15) is 5.75 Å². The molecule has 1 amide bonds. The Kier molecular flexibility index (Phi) is 4.66. The van der Waals surface area contributed by atoms with Gasteiger partial charge in [-0.25, -0.2) is 0 Å². The zero-order valence-corrected chi connectivity index (χ0v) is 11.8. The van der Waals surface area contributed by atoms with Gasteiger partial charge in [0.25, 0.3) is 5.91 Å². The van der Waals surface area contributed by atoms with Crippen LogP contribution in [0.3, 0.4) is 0 Å². The molecule has 0 radical (unpaired) electrons. The summed E-state index contributed by atoms with van der Waals surface area (Å²) in [5.74, 6) is 0.501. The summed E-state index contributed by atoms with van der Waals surface area (Å²) in [5.41, 5.74) is 5.88. The van der Waals surface area contributed by atoms with Gasteiger partial charge < -0.3 is 15.4 Å². The zero-order chi connectivity index (χ0) is 13.8. The molecule has 1 aromatic carbocycles. The maximum atomic E-state index is 12.3. The lowest BCUT2D eigenvalue weighted by Crippen LogP contribution is -2.49. The van der Waals surface area contributed by atoms with Crippen molar-refractivity contribution in [2.75, 3.05) is 13.1 Å². The van der Waals surface area contributed by atoms with E-state index >= 15 is 0 Å². The smallest absolute Gasteiger partial charge is 0.263 e. The molecular weight excluding hydrogens is 264 g/mol. The van der Waals surface area contributed by atoms with E-state index in [4.69, 9.17) is 22.1 Å². The fraction of sp³-hybridized carbons (Fsp3) is 0.500. The van der Waals surface area contributed by atoms with E-state index < -0.39 is 6.10 Å². The normalized spacial score (nSPS) is 21.0. The predicted molar refractivity (Wildman–Crippen MR) is 75.3 cm³/mol. The number of benzene rings is 1. The molecule has 1 fully saturated rings. The molecule has 2 atom stereocenters. The number of nitrogens with zero attached hydrogens (tertiary/aromatic N) is 1. The number of hydrogen-bond acceptors (Lipinski definition) is 3. The number of likely N-dealkylation sites (tertiary alicyclic amines) is 1.